The Balaban J connectivity index is 1.47. The highest BCUT2D eigenvalue weighted by atomic mass is 32.2. The van der Waals surface area contributed by atoms with E-state index in [2.05, 4.69) is 16.9 Å². The Kier molecular flexibility index (Phi) is 6.65. The minimum Gasteiger partial charge on any atom is -0.478 e. The van der Waals surface area contributed by atoms with Gasteiger partial charge in [0.25, 0.3) is 10.0 Å². The highest BCUT2D eigenvalue weighted by molar-refractivity contribution is 7.92. The molecule has 0 atom stereocenters. The molecule has 0 saturated carbocycles. The molecule has 3 aromatic carbocycles. The number of aromatic carboxylic acids is 1. The van der Waals surface area contributed by atoms with Crippen LogP contribution in [0.15, 0.2) is 77.7 Å². The summed E-state index contributed by atoms with van der Waals surface area (Å²) in [6.45, 7) is 1.47. The molecule has 4 rings (SSSR count). The fourth-order valence-electron chi connectivity index (χ4n) is 4.20. The van der Waals surface area contributed by atoms with E-state index in [0.717, 1.165) is 56.6 Å². The maximum absolute atomic E-state index is 13.1. The number of hydrogen-bond acceptors (Lipinski definition) is 4. The summed E-state index contributed by atoms with van der Waals surface area (Å²) in [5.74, 6) is -1.13. The first-order chi connectivity index (χ1) is 15.8. The predicted molar refractivity (Wildman–Crippen MR) is 126 cm³/mol. The van der Waals surface area contributed by atoms with Crippen LogP contribution in [-0.2, 0) is 16.4 Å². The lowest BCUT2D eigenvalue weighted by atomic mass is 9.90. The summed E-state index contributed by atoms with van der Waals surface area (Å²) in [4.78, 5) is 13.9. The lowest BCUT2D eigenvalue weighted by Crippen LogP contribution is -2.35. The molecule has 1 saturated heterocycles. The lowest BCUT2D eigenvalue weighted by Gasteiger charge is -2.34. The van der Waals surface area contributed by atoms with Crippen molar-refractivity contribution in [2.24, 2.45) is 5.92 Å². The smallest absolute Gasteiger partial charge is 0.337 e. The average Bonchev–Trinajstić information content (AvgIpc) is 2.80. The Morgan fingerprint density at radius 3 is 2.30 bits per heavy atom. The number of sulfonamides is 1. The summed E-state index contributed by atoms with van der Waals surface area (Å²) < 4.78 is 40.6. The summed E-state index contributed by atoms with van der Waals surface area (Å²) in [6, 6.07) is 19.3. The summed E-state index contributed by atoms with van der Waals surface area (Å²) in [7, 11) is -3.97. The second-order valence-corrected chi connectivity index (χ2v) is 9.90. The second-order valence-electron chi connectivity index (χ2n) is 8.22. The molecular formula is C25H25FN2O4S. The van der Waals surface area contributed by atoms with E-state index in [1.807, 2.05) is 23.1 Å². The molecule has 0 aromatic heterocycles. The van der Waals surface area contributed by atoms with Crippen LogP contribution >= 0.6 is 0 Å². The van der Waals surface area contributed by atoms with E-state index < -0.39 is 21.8 Å². The van der Waals surface area contributed by atoms with Gasteiger partial charge in [-0.05, 0) is 73.2 Å². The zero-order chi connectivity index (χ0) is 23.4. The fourth-order valence-corrected chi connectivity index (χ4v) is 5.25. The van der Waals surface area contributed by atoms with Crippen LogP contribution in [0.2, 0.25) is 0 Å². The fraction of sp³-hybridized carbons (Fsp3) is 0.240. The number of benzene rings is 3. The van der Waals surface area contributed by atoms with Crippen LogP contribution < -0.4 is 9.62 Å². The molecule has 6 nitrogen and oxygen atoms in total. The van der Waals surface area contributed by atoms with E-state index >= 15 is 0 Å². The number of halogens is 1. The second kappa shape index (κ2) is 9.62. The Bertz CT molecular complexity index is 1220. The van der Waals surface area contributed by atoms with E-state index in [4.69, 9.17) is 0 Å². The first kappa shape index (κ1) is 22.8. The number of carbonyl (C=O) groups is 1. The quantitative estimate of drug-likeness (QED) is 0.521. The molecule has 33 heavy (non-hydrogen) atoms. The molecule has 0 unspecified atom stereocenters. The molecule has 0 spiro atoms. The lowest BCUT2D eigenvalue weighted by molar-refractivity contribution is 0.0697. The van der Waals surface area contributed by atoms with Crippen molar-refractivity contribution in [1.82, 2.24) is 0 Å². The van der Waals surface area contributed by atoms with Gasteiger partial charge in [0.1, 0.15) is 5.82 Å². The average molecular weight is 469 g/mol. The summed E-state index contributed by atoms with van der Waals surface area (Å²) in [5.41, 5.74) is 2.06. The topological polar surface area (TPSA) is 86.7 Å². The first-order valence-electron chi connectivity index (χ1n) is 10.8. The first-order valence-corrected chi connectivity index (χ1v) is 12.2. The zero-order valence-corrected chi connectivity index (χ0v) is 18.8. The SMILES string of the molecule is O=C(O)c1cc(NS(=O)(=O)c2ccc(F)cc2)ccc1N1CCC(Cc2ccccc2)CC1. The van der Waals surface area contributed by atoms with Gasteiger partial charge in [0, 0.05) is 18.8 Å². The van der Waals surface area contributed by atoms with Crippen LogP contribution in [0, 0.1) is 11.7 Å². The Labute approximate surface area is 192 Å². The number of carboxylic acid groups (broad SMARTS) is 1. The highest BCUT2D eigenvalue weighted by Crippen LogP contribution is 2.30. The van der Waals surface area contributed by atoms with Crippen molar-refractivity contribution in [2.75, 3.05) is 22.7 Å². The minimum absolute atomic E-state index is 0.0378. The summed E-state index contributed by atoms with van der Waals surface area (Å²) in [6.07, 6.45) is 2.91. The van der Waals surface area contributed by atoms with Crippen molar-refractivity contribution in [3.05, 3.63) is 89.7 Å². The van der Waals surface area contributed by atoms with E-state index in [-0.39, 0.29) is 16.1 Å². The summed E-state index contributed by atoms with van der Waals surface area (Å²) in [5, 5.41) is 9.77. The third-order valence-electron chi connectivity index (χ3n) is 5.93. The molecule has 0 radical (unpaired) electrons. The number of carboxylic acids is 1. The Hall–Kier alpha value is -3.39. The maximum Gasteiger partial charge on any atom is 0.337 e. The molecule has 172 valence electrons. The van der Waals surface area contributed by atoms with Gasteiger partial charge in [-0.1, -0.05) is 30.3 Å². The molecule has 1 aliphatic heterocycles. The van der Waals surface area contributed by atoms with Crippen LogP contribution in [0.3, 0.4) is 0 Å². The molecule has 0 bridgehead atoms. The predicted octanol–water partition coefficient (Wildman–Crippen LogP) is 4.78. The van der Waals surface area contributed by atoms with Crippen LogP contribution in [0.5, 0.6) is 0 Å². The van der Waals surface area contributed by atoms with Crippen LogP contribution in [0.25, 0.3) is 0 Å². The van der Waals surface area contributed by atoms with E-state index in [1.54, 1.807) is 12.1 Å². The van der Waals surface area contributed by atoms with Gasteiger partial charge in [0.2, 0.25) is 0 Å². The molecule has 1 heterocycles. The molecule has 8 heteroatoms. The highest BCUT2D eigenvalue weighted by Gasteiger charge is 2.24. The number of nitrogens with zero attached hydrogens (tertiary/aromatic N) is 1. The van der Waals surface area contributed by atoms with Crippen molar-refractivity contribution in [3.8, 4) is 0 Å². The van der Waals surface area contributed by atoms with Crippen LogP contribution in [-0.4, -0.2) is 32.6 Å². The molecule has 3 aromatic rings. The number of anilines is 2. The van der Waals surface area contributed by atoms with Crippen LogP contribution in [0.4, 0.5) is 15.8 Å². The molecule has 1 fully saturated rings. The molecule has 1 aliphatic rings. The van der Waals surface area contributed by atoms with Crippen molar-refractivity contribution < 1.29 is 22.7 Å². The molecule has 0 amide bonds. The molecule has 0 aliphatic carbocycles. The van der Waals surface area contributed by atoms with Crippen molar-refractivity contribution >= 4 is 27.4 Å². The van der Waals surface area contributed by atoms with E-state index in [1.165, 1.54) is 11.6 Å². The number of piperidine rings is 1. The maximum atomic E-state index is 13.1. The van der Waals surface area contributed by atoms with Gasteiger partial charge in [-0.15, -0.1) is 0 Å². The van der Waals surface area contributed by atoms with Gasteiger partial charge in [0.15, 0.2) is 0 Å². The third kappa shape index (κ3) is 5.51. The number of rotatable bonds is 7. The zero-order valence-electron chi connectivity index (χ0n) is 17.9. The van der Waals surface area contributed by atoms with E-state index in [0.29, 0.717) is 11.6 Å². The number of nitrogens with one attached hydrogen (secondary N) is 1. The Morgan fingerprint density at radius 2 is 1.67 bits per heavy atom. The van der Waals surface area contributed by atoms with Crippen LogP contribution in [0.1, 0.15) is 28.8 Å². The molecule has 2 N–H and O–H groups in total. The van der Waals surface area contributed by atoms with Gasteiger partial charge in [-0.3, -0.25) is 4.72 Å². The van der Waals surface area contributed by atoms with Gasteiger partial charge in [-0.2, -0.15) is 0 Å². The summed E-state index contributed by atoms with van der Waals surface area (Å²) >= 11 is 0. The van der Waals surface area contributed by atoms with E-state index in [9.17, 15) is 22.7 Å². The normalized spacial score (nSPS) is 14.8. The van der Waals surface area contributed by atoms with Crippen molar-refractivity contribution in [2.45, 2.75) is 24.2 Å². The van der Waals surface area contributed by atoms with Crippen molar-refractivity contribution in [1.29, 1.82) is 0 Å². The minimum atomic E-state index is -3.97. The van der Waals surface area contributed by atoms with Gasteiger partial charge >= 0.3 is 5.97 Å². The van der Waals surface area contributed by atoms with Gasteiger partial charge in [-0.25, -0.2) is 17.6 Å². The Morgan fingerprint density at radius 1 is 1.00 bits per heavy atom. The standard InChI is InChI=1S/C25H25FN2O4S/c26-20-6-9-22(10-7-20)33(31,32)27-21-8-11-24(23(17-21)25(29)30)28-14-12-19(13-15-28)16-18-4-2-1-3-5-18/h1-11,17,19,27H,12-16H2,(H,29,30). The number of hydrogen-bond donors (Lipinski definition) is 2. The molecular weight excluding hydrogens is 443 g/mol. The van der Waals surface area contributed by atoms with Gasteiger partial charge < -0.3 is 10.0 Å². The van der Waals surface area contributed by atoms with Crippen molar-refractivity contribution in [3.63, 3.8) is 0 Å². The monoisotopic (exact) mass is 468 g/mol. The van der Waals surface area contributed by atoms with Gasteiger partial charge in [0.05, 0.1) is 16.1 Å². The largest absolute Gasteiger partial charge is 0.478 e. The third-order valence-corrected chi connectivity index (χ3v) is 7.32.